The number of fused-ring (bicyclic) bond motifs is 2. The van der Waals surface area contributed by atoms with Crippen LogP contribution in [0.1, 0.15) is 28.4 Å². The van der Waals surface area contributed by atoms with Crippen molar-refractivity contribution in [3.05, 3.63) is 95.3 Å². The molecular weight excluding hydrogens is 403 g/mol. The molecule has 0 saturated heterocycles. The van der Waals surface area contributed by atoms with Crippen molar-refractivity contribution in [1.29, 1.82) is 0 Å². The molecule has 1 aromatic carbocycles. The first-order valence-electron chi connectivity index (χ1n) is 10.3. The van der Waals surface area contributed by atoms with E-state index in [4.69, 9.17) is 4.98 Å². The second-order valence-corrected chi connectivity index (χ2v) is 7.89. The lowest BCUT2D eigenvalue weighted by molar-refractivity contribution is 0.624. The Morgan fingerprint density at radius 1 is 1.03 bits per heavy atom. The number of hydrogen-bond donors (Lipinski definition) is 3. The van der Waals surface area contributed by atoms with Gasteiger partial charge in [0.05, 0.1) is 22.9 Å². The zero-order chi connectivity index (χ0) is 21.7. The minimum atomic E-state index is -0.246. The lowest BCUT2D eigenvalue weighted by atomic mass is 9.96. The summed E-state index contributed by atoms with van der Waals surface area (Å²) in [5.41, 5.74) is 9.30. The molecule has 5 aromatic rings. The SMILES string of the molecule is Cc1ccncc1-c1ccc2[nH]nc(-c3cc4c([nH]3)C=CNC4c3ccc(F)cc3)c2n1. The Kier molecular flexibility index (Phi) is 4.14. The van der Waals surface area contributed by atoms with Gasteiger partial charge in [-0.25, -0.2) is 9.37 Å². The molecular formula is C25H19FN6. The maximum Gasteiger partial charge on any atom is 0.135 e. The topological polar surface area (TPSA) is 82.3 Å². The van der Waals surface area contributed by atoms with Gasteiger partial charge in [0.1, 0.15) is 17.0 Å². The molecule has 0 bridgehead atoms. The summed E-state index contributed by atoms with van der Waals surface area (Å²) >= 11 is 0. The minimum absolute atomic E-state index is 0.0765. The summed E-state index contributed by atoms with van der Waals surface area (Å²) in [6.07, 6.45) is 7.51. The number of H-pyrrole nitrogens is 2. The van der Waals surface area contributed by atoms with E-state index in [1.54, 1.807) is 18.3 Å². The van der Waals surface area contributed by atoms with Gasteiger partial charge in [-0.2, -0.15) is 5.10 Å². The Morgan fingerprint density at radius 3 is 2.75 bits per heavy atom. The largest absolute Gasteiger partial charge is 0.380 e. The van der Waals surface area contributed by atoms with E-state index in [1.165, 1.54) is 12.1 Å². The first-order valence-corrected chi connectivity index (χ1v) is 10.3. The van der Waals surface area contributed by atoms with Crippen LogP contribution in [0.5, 0.6) is 0 Å². The van der Waals surface area contributed by atoms with Crippen LogP contribution in [-0.2, 0) is 0 Å². The van der Waals surface area contributed by atoms with E-state index < -0.39 is 0 Å². The van der Waals surface area contributed by atoms with Crippen LogP contribution in [0.15, 0.2) is 67.1 Å². The van der Waals surface area contributed by atoms with E-state index in [1.807, 2.05) is 43.6 Å². The van der Waals surface area contributed by atoms with Crippen LogP contribution in [0.2, 0.25) is 0 Å². The monoisotopic (exact) mass is 422 g/mol. The number of aromatic nitrogens is 5. The van der Waals surface area contributed by atoms with E-state index in [-0.39, 0.29) is 11.9 Å². The summed E-state index contributed by atoms with van der Waals surface area (Å²) in [6.45, 7) is 2.05. The fraction of sp³-hybridized carbons (Fsp3) is 0.0800. The van der Waals surface area contributed by atoms with Gasteiger partial charge in [-0.05, 0) is 66.7 Å². The number of hydrogen-bond acceptors (Lipinski definition) is 4. The van der Waals surface area contributed by atoms with Gasteiger partial charge in [-0.1, -0.05) is 12.1 Å². The number of aryl methyl sites for hydroxylation is 1. The third-order valence-corrected chi connectivity index (χ3v) is 5.89. The van der Waals surface area contributed by atoms with E-state index >= 15 is 0 Å². The first kappa shape index (κ1) is 18.5. The van der Waals surface area contributed by atoms with Crippen molar-refractivity contribution < 1.29 is 4.39 Å². The van der Waals surface area contributed by atoms with Crippen molar-refractivity contribution in [1.82, 2.24) is 30.5 Å². The molecule has 4 aromatic heterocycles. The van der Waals surface area contributed by atoms with Crippen molar-refractivity contribution in [2.45, 2.75) is 13.0 Å². The summed E-state index contributed by atoms with van der Waals surface area (Å²) in [5.74, 6) is -0.246. The summed E-state index contributed by atoms with van der Waals surface area (Å²) in [5, 5.41) is 11.0. The molecule has 3 N–H and O–H groups in total. The minimum Gasteiger partial charge on any atom is -0.380 e. The standard InChI is InChI=1S/C25H19FN6/c1-14-8-10-27-13-18(14)19-6-7-21-24(30-19)25(32-31-21)22-12-17-20(29-22)9-11-28-23(17)15-2-4-16(26)5-3-15/h2-13,23,28-29H,1H3,(H,31,32). The molecule has 0 fully saturated rings. The van der Waals surface area contributed by atoms with Gasteiger partial charge >= 0.3 is 0 Å². The van der Waals surface area contributed by atoms with Gasteiger partial charge in [0.25, 0.3) is 0 Å². The average molecular weight is 422 g/mol. The highest BCUT2D eigenvalue weighted by Crippen LogP contribution is 2.35. The Bertz CT molecular complexity index is 1480. The Morgan fingerprint density at radius 2 is 1.91 bits per heavy atom. The van der Waals surface area contributed by atoms with Gasteiger partial charge in [-0.3, -0.25) is 10.1 Å². The van der Waals surface area contributed by atoms with Crippen molar-refractivity contribution in [3.8, 4) is 22.6 Å². The molecule has 1 aliphatic heterocycles. The first-order chi connectivity index (χ1) is 15.7. The van der Waals surface area contributed by atoms with Crippen molar-refractivity contribution in [2.24, 2.45) is 0 Å². The zero-order valence-corrected chi connectivity index (χ0v) is 17.2. The molecule has 0 saturated carbocycles. The summed E-state index contributed by atoms with van der Waals surface area (Å²) in [6, 6.07) is 14.5. The van der Waals surface area contributed by atoms with Crippen molar-refractivity contribution >= 4 is 17.1 Å². The molecule has 32 heavy (non-hydrogen) atoms. The third-order valence-electron chi connectivity index (χ3n) is 5.89. The lowest BCUT2D eigenvalue weighted by Crippen LogP contribution is -2.19. The second-order valence-electron chi connectivity index (χ2n) is 7.89. The molecule has 1 unspecified atom stereocenters. The molecule has 7 heteroatoms. The van der Waals surface area contributed by atoms with Crippen LogP contribution >= 0.6 is 0 Å². The number of aromatic amines is 2. The smallest absolute Gasteiger partial charge is 0.135 e. The van der Waals surface area contributed by atoms with Crippen LogP contribution in [-0.4, -0.2) is 25.1 Å². The third kappa shape index (κ3) is 2.98. The van der Waals surface area contributed by atoms with Crippen LogP contribution in [0.3, 0.4) is 0 Å². The van der Waals surface area contributed by atoms with E-state index in [0.717, 1.165) is 56.1 Å². The van der Waals surface area contributed by atoms with Crippen LogP contribution in [0.4, 0.5) is 4.39 Å². The van der Waals surface area contributed by atoms with Gasteiger partial charge in [0.15, 0.2) is 0 Å². The highest BCUT2D eigenvalue weighted by molar-refractivity contribution is 5.90. The van der Waals surface area contributed by atoms with E-state index in [2.05, 4.69) is 31.5 Å². The Balaban J connectivity index is 1.45. The van der Waals surface area contributed by atoms with Crippen molar-refractivity contribution in [3.63, 3.8) is 0 Å². The molecule has 156 valence electrons. The quantitative estimate of drug-likeness (QED) is 0.377. The normalized spacial score (nSPS) is 15.0. The Hall–Kier alpha value is -4.26. The molecule has 5 heterocycles. The Labute approximate surface area is 183 Å². The molecule has 1 atom stereocenters. The van der Waals surface area contributed by atoms with Crippen LogP contribution in [0.25, 0.3) is 39.8 Å². The van der Waals surface area contributed by atoms with E-state index in [9.17, 15) is 4.39 Å². The number of nitrogens with one attached hydrogen (secondary N) is 3. The average Bonchev–Trinajstić information content (AvgIpc) is 3.43. The summed E-state index contributed by atoms with van der Waals surface area (Å²) in [7, 11) is 0. The van der Waals surface area contributed by atoms with Crippen LogP contribution in [0, 0.1) is 12.7 Å². The number of rotatable bonds is 3. The molecule has 0 radical (unpaired) electrons. The van der Waals surface area contributed by atoms with Crippen molar-refractivity contribution in [2.75, 3.05) is 0 Å². The van der Waals surface area contributed by atoms with E-state index in [0.29, 0.717) is 0 Å². The number of nitrogens with zero attached hydrogens (tertiary/aromatic N) is 3. The molecule has 6 rings (SSSR count). The highest BCUT2D eigenvalue weighted by atomic mass is 19.1. The number of halogens is 1. The summed E-state index contributed by atoms with van der Waals surface area (Å²) in [4.78, 5) is 12.6. The van der Waals surface area contributed by atoms with Gasteiger partial charge in [0, 0.05) is 29.2 Å². The maximum absolute atomic E-state index is 13.4. The van der Waals surface area contributed by atoms with Gasteiger partial charge in [0.2, 0.25) is 0 Å². The fourth-order valence-corrected chi connectivity index (χ4v) is 4.21. The summed E-state index contributed by atoms with van der Waals surface area (Å²) < 4.78 is 13.4. The predicted molar refractivity (Wildman–Crippen MR) is 122 cm³/mol. The fourth-order valence-electron chi connectivity index (χ4n) is 4.21. The molecule has 1 aliphatic rings. The lowest BCUT2D eigenvalue weighted by Gasteiger charge is -2.21. The molecule has 0 amide bonds. The number of benzene rings is 1. The van der Waals surface area contributed by atoms with Crippen LogP contribution < -0.4 is 5.32 Å². The maximum atomic E-state index is 13.4. The molecule has 0 spiro atoms. The predicted octanol–water partition coefficient (Wildman–Crippen LogP) is 5.13. The van der Waals surface area contributed by atoms with Gasteiger partial charge < -0.3 is 10.3 Å². The van der Waals surface area contributed by atoms with Gasteiger partial charge in [-0.15, -0.1) is 0 Å². The molecule has 6 nitrogen and oxygen atoms in total. The second kappa shape index (κ2) is 7.16. The zero-order valence-electron chi connectivity index (χ0n) is 17.2. The molecule has 0 aliphatic carbocycles. The highest BCUT2D eigenvalue weighted by Gasteiger charge is 2.23. The number of pyridine rings is 2.